The summed E-state index contributed by atoms with van der Waals surface area (Å²) in [7, 11) is -8.91. The maximum absolute atomic E-state index is 13.4. The lowest BCUT2D eigenvalue weighted by atomic mass is 10.1. The maximum atomic E-state index is 13.4. The van der Waals surface area contributed by atoms with Crippen molar-refractivity contribution in [3.8, 4) is 11.3 Å². The molecule has 1 aromatic heterocycles. The number of halogens is 1. The summed E-state index contributed by atoms with van der Waals surface area (Å²) < 4.78 is 61.8. The van der Waals surface area contributed by atoms with E-state index in [1.165, 1.54) is 30.3 Å². The number of fused-ring (bicyclic) bond motifs is 1. The van der Waals surface area contributed by atoms with Crippen molar-refractivity contribution in [2.45, 2.75) is 14.7 Å². The summed E-state index contributed by atoms with van der Waals surface area (Å²) in [5.41, 5.74) is 6.96. The molecule has 7 nitrogen and oxygen atoms in total. The van der Waals surface area contributed by atoms with Crippen molar-refractivity contribution >= 4 is 52.5 Å². The smallest absolute Gasteiger partial charge is 0.297 e. The Labute approximate surface area is 181 Å². The topological polar surface area (TPSA) is 130 Å². The van der Waals surface area contributed by atoms with Crippen LogP contribution >= 0.6 is 15.9 Å². The standard InChI is InChI=1S/C20H15BrN2O5S2/c21-14-11-13(9-10-15(14)22)29(24,25)17-8-4-7-16-18(17)20(30(26,27)28)19(23-16)12-5-2-1-3-6-12/h1-11,23H,22H2,(H,26,27,28). The van der Waals surface area contributed by atoms with E-state index in [9.17, 15) is 21.4 Å². The summed E-state index contributed by atoms with van der Waals surface area (Å²) in [6.07, 6.45) is 0. The molecule has 0 saturated carbocycles. The first kappa shape index (κ1) is 20.6. The van der Waals surface area contributed by atoms with E-state index >= 15 is 0 Å². The molecule has 10 heteroatoms. The number of aromatic nitrogens is 1. The zero-order chi connectivity index (χ0) is 21.7. The molecule has 154 valence electrons. The minimum absolute atomic E-state index is 0.0696. The molecule has 0 aliphatic rings. The van der Waals surface area contributed by atoms with Crippen LogP contribution in [0.2, 0.25) is 0 Å². The lowest BCUT2D eigenvalue weighted by Crippen LogP contribution is -2.06. The van der Waals surface area contributed by atoms with Crippen LogP contribution in [0.4, 0.5) is 5.69 Å². The highest BCUT2D eigenvalue weighted by atomic mass is 79.9. The number of rotatable bonds is 4. The van der Waals surface area contributed by atoms with Crippen LogP contribution < -0.4 is 5.73 Å². The van der Waals surface area contributed by atoms with Crippen molar-refractivity contribution in [3.05, 3.63) is 71.2 Å². The molecule has 4 N–H and O–H groups in total. The summed E-state index contributed by atoms with van der Waals surface area (Å²) in [6, 6.07) is 17.0. The van der Waals surface area contributed by atoms with Gasteiger partial charge in [0.1, 0.15) is 4.90 Å². The Hall–Kier alpha value is -2.66. The fourth-order valence-electron chi connectivity index (χ4n) is 3.28. The predicted octanol–water partition coefficient (Wildman–Crippen LogP) is 4.26. The van der Waals surface area contributed by atoms with Crippen LogP contribution in [0.1, 0.15) is 0 Å². The summed E-state index contributed by atoms with van der Waals surface area (Å²) in [4.78, 5) is 2.13. The molecule has 0 atom stereocenters. The minimum atomic E-state index is -4.77. The number of hydrogen-bond donors (Lipinski definition) is 3. The van der Waals surface area contributed by atoms with Crippen LogP contribution in [0.15, 0.2) is 85.9 Å². The molecule has 4 aromatic rings. The molecule has 0 aliphatic carbocycles. The Bertz CT molecular complexity index is 1500. The molecule has 3 aromatic carbocycles. The van der Waals surface area contributed by atoms with E-state index in [1.54, 1.807) is 36.4 Å². The largest absolute Gasteiger partial charge is 0.398 e. The zero-order valence-electron chi connectivity index (χ0n) is 15.2. The molecule has 0 spiro atoms. The number of benzene rings is 3. The Morgan fingerprint density at radius 2 is 1.60 bits per heavy atom. The zero-order valence-corrected chi connectivity index (χ0v) is 18.4. The molecule has 1 heterocycles. The summed E-state index contributed by atoms with van der Waals surface area (Å²) in [5.74, 6) is 0. The molecule has 0 radical (unpaired) electrons. The number of nitrogens with one attached hydrogen (secondary N) is 1. The fourth-order valence-corrected chi connectivity index (χ4v) is 6.29. The van der Waals surface area contributed by atoms with E-state index in [2.05, 4.69) is 20.9 Å². The van der Waals surface area contributed by atoms with Crippen molar-refractivity contribution in [2.75, 3.05) is 5.73 Å². The Balaban J connectivity index is 2.10. The molecule has 0 unspecified atom stereocenters. The monoisotopic (exact) mass is 506 g/mol. The second-order valence-electron chi connectivity index (χ2n) is 6.54. The van der Waals surface area contributed by atoms with Crippen LogP contribution in [0.5, 0.6) is 0 Å². The normalized spacial score (nSPS) is 12.3. The van der Waals surface area contributed by atoms with E-state index in [0.29, 0.717) is 15.7 Å². The SMILES string of the molecule is Nc1ccc(S(=O)(=O)c2cccc3[nH]c(-c4ccccc4)c(S(=O)(=O)O)c23)cc1Br. The third-order valence-corrected chi connectivity index (χ3v) is 8.04. The van der Waals surface area contributed by atoms with Gasteiger partial charge >= 0.3 is 0 Å². The van der Waals surface area contributed by atoms with Crippen LogP contribution in [-0.4, -0.2) is 26.4 Å². The summed E-state index contributed by atoms with van der Waals surface area (Å²) >= 11 is 3.21. The van der Waals surface area contributed by atoms with E-state index in [4.69, 9.17) is 5.73 Å². The van der Waals surface area contributed by atoms with Gasteiger partial charge in [0, 0.05) is 21.1 Å². The lowest BCUT2D eigenvalue weighted by molar-refractivity contribution is 0.484. The highest BCUT2D eigenvalue weighted by molar-refractivity contribution is 9.10. The predicted molar refractivity (Wildman–Crippen MR) is 118 cm³/mol. The van der Waals surface area contributed by atoms with E-state index in [0.717, 1.165) is 0 Å². The van der Waals surface area contributed by atoms with Gasteiger partial charge in [-0.1, -0.05) is 36.4 Å². The quantitative estimate of drug-likeness (QED) is 0.280. The van der Waals surface area contributed by atoms with Gasteiger partial charge < -0.3 is 10.7 Å². The van der Waals surface area contributed by atoms with Crippen molar-refractivity contribution in [1.29, 1.82) is 0 Å². The van der Waals surface area contributed by atoms with Crippen molar-refractivity contribution < 1.29 is 21.4 Å². The van der Waals surface area contributed by atoms with Gasteiger partial charge in [-0.2, -0.15) is 8.42 Å². The van der Waals surface area contributed by atoms with Gasteiger partial charge in [0.25, 0.3) is 10.1 Å². The fraction of sp³-hybridized carbons (Fsp3) is 0. The highest BCUT2D eigenvalue weighted by Gasteiger charge is 2.30. The molecular formula is C20H15BrN2O5S2. The molecule has 0 fully saturated rings. The number of sulfone groups is 1. The van der Waals surface area contributed by atoms with Crippen LogP contribution in [0.3, 0.4) is 0 Å². The van der Waals surface area contributed by atoms with Crippen LogP contribution in [0.25, 0.3) is 22.2 Å². The Morgan fingerprint density at radius 1 is 0.900 bits per heavy atom. The number of hydrogen-bond acceptors (Lipinski definition) is 5. The van der Waals surface area contributed by atoms with E-state index in [1.807, 2.05) is 0 Å². The Kier molecular flexibility index (Phi) is 4.97. The molecule has 0 aliphatic heterocycles. The van der Waals surface area contributed by atoms with Gasteiger partial charge in [0.2, 0.25) is 9.84 Å². The second-order valence-corrected chi connectivity index (χ2v) is 10.7. The molecule has 0 saturated heterocycles. The number of nitrogens with two attached hydrogens (primary N) is 1. The first-order valence-electron chi connectivity index (χ1n) is 8.58. The lowest BCUT2D eigenvalue weighted by Gasteiger charge is -2.09. The van der Waals surface area contributed by atoms with Crippen molar-refractivity contribution in [3.63, 3.8) is 0 Å². The first-order valence-corrected chi connectivity index (χ1v) is 12.3. The summed E-state index contributed by atoms with van der Waals surface area (Å²) in [5, 5.41) is -0.105. The maximum Gasteiger partial charge on any atom is 0.297 e. The van der Waals surface area contributed by atoms with Gasteiger partial charge in [-0.25, -0.2) is 8.42 Å². The molecule has 4 rings (SSSR count). The highest BCUT2D eigenvalue weighted by Crippen LogP contribution is 2.39. The minimum Gasteiger partial charge on any atom is -0.398 e. The number of nitrogen functional groups attached to an aromatic ring is 1. The van der Waals surface area contributed by atoms with E-state index < -0.39 is 24.9 Å². The molecular weight excluding hydrogens is 492 g/mol. The summed E-state index contributed by atoms with van der Waals surface area (Å²) in [6.45, 7) is 0. The average Bonchev–Trinajstić information content (AvgIpc) is 3.10. The first-order chi connectivity index (χ1) is 14.1. The number of anilines is 1. The van der Waals surface area contributed by atoms with Gasteiger partial charge in [-0.05, 0) is 51.8 Å². The Morgan fingerprint density at radius 3 is 2.23 bits per heavy atom. The number of H-pyrrole nitrogens is 1. The molecule has 30 heavy (non-hydrogen) atoms. The van der Waals surface area contributed by atoms with Crippen LogP contribution in [-0.2, 0) is 20.0 Å². The number of aromatic amines is 1. The average molecular weight is 507 g/mol. The van der Waals surface area contributed by atoms with Crippen molar-refractivity contribution in [2.24, 2.45) is 0 Å². The van der Waals surface area contributed by atoms with Crippen molar-refractivity contribution in [1.82, 2.24) is 4.98 Å². The van der Waals surface area contributed by atoms with Gasteiger partial charge in [-0.3, -0.25) is 4.55 Å². The molecule has 0 bridgehead atoms. The molecule has 0 amide bonds. The van der Waals surface area contributed by atoms with Gasteiger partial charge in [-0.15, -0.1) is 0 Å². The van der Waals surface area contributed by atoms with E-state index in [-0.39, 0.29) is 26.4 Å². The van der Waals surface area contributed by atoms with Crippen LogP contribution in [0, 0.1) is 0 Å². The second kappa shape index (κ2) is 7.24. The van der Waals surface area contributed by atoms with Gasteiger partial charge in [0.05, 0.1) is 15.5 Å². The van der Waals surface area contributed by atoms with Gasteiger partial charge in [0.15, 0.2) is 0 Å². The third kappa shape index (κ3) is 3.41. The third-order valence-electron chi connectivity index (χ3n) is 4.63.